The van der Waals surface area contributed by atoms with Crippen LogP contribution in [0.2, 0.25) is 5.02 Å². The van der Waals surface area contributed by atoms with Crippen LogP contribution in [0.5, 0.6) is 0 Å². The van der Waals surface area contributed by atoms with Crippen molar-refractivity contribution < 1.29 is 23.1 Å². The van der Waals surface area contributed by atoms with Crippen LogP contribution < -0.4 is 10.6 Å². The molecule has 0 aliphatic heterocycles. The Labute approximate surface area is 197 Å². The average molecular weight is 492 g/mol. The summed E-state index contributed by atoms with van der Waals surface area (Å²) in [6, 6.07) is 5.82. The van der Waals surface area contributed by atoms with Crippen molar-refractivity contribution in [1.29, 1.82) is 0 Å². The molecule has 2 N–H and O–H groups in total. The van der Waals surface area contributed by atoms with Crippen LogP contribution in [0.3, 0.4) is 0 Å². The molecule has 1 heterocycles. The van der Waals surface area contributed by atoms with Crippen LogP contribution in [-0.2, 0) is 17.6 Å². The van der Waals surface area contributed by atoms with Crippen molar-refractivity contribution in [1.82, 2.24) is 10.3 Å². The lowest BCUT2D eigenvalue weighted by molar-refractivity contribution is 0.102. The first kappa shape index (κ1) is 23.1. The Hall–Kier alpha value is -3.04. The van der Waals surface area contributed by atoms with Crippen molar-refractivity contribution in [3.8, 4) is 0 Å². The number of ether oxygens (including phenoxy) is 1. The molecular formula is C23H20ClF2N3O3S. The molecule has 1 atom stereocenters. The molecule has 1 aromatic heterocycles. The maximum Gasteiger partial charge on any atom is 0.407 e. The van der Waals surface area contributed by atoms with Crippen LogP contribution in [0.25, 0.3) is 0 Å². The van der Waals surface area contributed by atoms with Gasteiger partial charge in [-0.15, -0.1) is 11.3 Å². The molecule has 33 heavy (non-hydrogen) atoms. The molecular weight excluding hydrogens is 472 g/mol. The molecule has 0 unspecified atom stereocenters. The van der Waals surface area contributed by atoms with E-state index in [0.717, 1.165) is 16.6 Å². The zero-order chi connectivity index (χ0) is 23.5. The van der Waals surface area contributed by atoms with Crippen LogP contribution in [0.15, 0.2) is 35.8 Å². The number of aryl methyl sites for hydroxylation is 1. The molecule has 2 aromatic carbocycles. The van der Waals surface area contributed by atoms with Gasteiger partial charge in [-0.05, 0) is 55.7 Å². The van der Waals surface area contributed by atoms with Gasteiger partial charge in [0.15, 0.2) is 0 Å². The first-order valence-electron chi connectivity index (χ1n) is 10.2. The molecule has 0 fully saturated rings. The SMILES string of the molecule is Cc1ncsc1CCOC(=O)N[C@H]1CCc2c(C(=O)Nc3ccc(F)c(Cl)c3)ccc(F)c21. The standard InChI is InChI=1S/C23H20ClF2N3O3S/c1-12-20(33-11-27-12)8-9-32-23(31)29-19-7-4-14-15(3-6-18(26)21(14)19)22(30)28-13-2-5-17(25)16(24)10-13/h2-3,5-6,10-11,19H,4,7-9H2,1H3,(H,28,30)(H,29,31)/t19-/m0/s1. The maximum atomic E-state index is 14.7. The van der Waals surface area contributed by atoms with E-state index in [-0.39, 0.29) is 22.8 Å². The van der Waals surface area contributed by atoms with Gasteiger partial charge in [0.25, 0.3) is 5.91 Å². The third-order valence-electron chi connectivity index (χ3n) is 5.46. The Morgan fingerprint density at radius 1 is 1.24 bits per heavy atom. The summed E-state index contributed by atoms with van der Waals surface area (Å²) in [5.41, 5.74) is 4.04. The number of benzene rings is 2. The number of halogens is 3. The molecule has 2 amide bonds. The monoisotopic (exact) mass is 491 g/mol. The predicted molar refractivity (Wildman–Crippen MR) is 122 cm³/mol. The number of carbonyl (C=O) groups is 2. The summed E-state index contributed by atoms with van der Waals surface area (Å²) in [5, 5.41) is 5.22. The number of nitrogens with zero attached hydrogens (tertiary/aromatic N) is 1. The van der Waals surface area contributed by atoms with Gasteiger partial charge >= 0.3 is 6.09 Å². The lowest BCUT2D eigenvalue weighted by Gasteiger charge is -2.16. The van der Waals surface area contributed by atoms with E-state index in [1.807, 2.05) is 6.92 Å². The molecule has 1 aliphatic rings. The Bertz CT molecular complexity index is 1220. The van der Waals surface area contributed by atoms with Gasteiger partial charge in [0.2, 0.25) is 0 Å². The van der Waals surface area contributed by atoms with Gasteiger partial charge in [-0.1, -0.05) is 11.6 Å². The molecule has 1 aliphatic carbocycles. The number of fused-ring (bicyclic) bond motifs is 1. The molecule has 6 nitrogen and oxygen atoms in total. The third-order valence-corrected chi connectivity index (χ3v) is 6.74. The maximum absolute atomic E-state index is 14.7. The number of alkyl carbamates (subject to hydrolysis) is 1. The summed E-state index contributed by atoms with van der Waals surface area (Å²) in [7, 11) is 0. The van der Waals surface area contributed by atoms with Crippen LogP contribution in [-0.4, -0.2) is 23.6 Å². The fourth-order valence-corrected chi connectivity index (χ4v) is 4.77. The smallest absolute Gasteiger partial charge is 0.407 e. The summed E-state index contributed by atoms with van der Waals surface area (Å²) < 4.78 is 33.3. The van der Waals surface area contributed by atoms with E-state index >= 15 is 0 Å². The van der Waals surface area contributed by atoms with Crippen molar-refractivity contribution in [2.24, 2.45) is 0 Å². The van der Waals surface area contributed by atoms with Gasteiger partial charge in [-0.25, -0.2) is 18.6 Å². The van der Waals surface area contributed by atoms with E-state index in [1.54, 1.807) is 5.51 Å². The van der Waals surface area contributed by atoms with Gasteiger partial charge < -0.3 is 15.4 Å². The zero-order valence-electron chi connectivity index (χ0n) is 17.6. The van der Waals surface area contributed by atoms with Crippen LogP contribution in [0, 0.1) is 18.6 Å². The number of rotatable bonds is 6. The highest BCUT2D eigenvalue weighted by Gasteiger charge is 2.31. The number of carbonyl (C=O) groups excluding carboxylic acids is 2. The Morgan fingerprint density at radius 3 is 2.76 bits per heavy atom. The van der Waals surface area contributed by atoms with Crippen molar-refractivity contribution in [3.63, 3.8) is 0 Å². The van der Waals surface area contributed by atoms with E-state index < -0.39 is 29.7 Å². The topological polar surface area (TPSA) is 80.3 Å². The summed E-state index contributed by atoms with van der Waals surface area (Å²) in [5.74, 6) is -1.58. The predicted octanol–water partition coefficient (Wildman–Crippen LogP) is 5.59. The van der Waals surface area contributed by atoms with E-state index in [2.05, 4.69) is 15.6 Å². The Kier molecular flexibility index (Phi) is 6.90. The number of hydrogen-bond donors (Lipinski definition) is 2. The Morgan fingerprint density at radius 2 is 2.03 bits per heavy atom. The first-order valence-corrected chi connectivity index (χ1v) is 11.5. The van der Waals surface area contributed by atoms with Crippen molar-refractivity contribution in [2.75, 3.05) is 11.9 Å². The highest BCUT2D eigenvalue weighted by molar-refractivity contribution is 7.09. The Balaban J connectivity index is 1.43. The van der Waals surface area contributed by atoms with E-state index in [1.165, 1.54) is 35.6 Å². The van der Waals surface area contributed by atoms with Crippen LogP contribution in [0.1, 0.15) is 44.5 Å². The summed E-state index contributed by atoms with van der Waals surface area (Å²) >= 11 is 7.26. The van der Waals surface area contributed by atoms with E-state index in [0.29, 0.717) is 30.5 Å². The van der Waals surface area contributed by atoms with Gasteiger partial charge in [-0.3, -0.25) is 4.79 Å². The van der Waals surface area contributed by atoms with Crippen LogP contribution >= 0.6 is 22.9 Å². The minimum Gasteiger partial charge on any atom is -0.449 e. The molecule has 0 spiro atoms. The molecule has 0 bridgehead atoms. The summed E-state index contributed by atoms with van der Waals surface area (Å²) in [4.78, 5) is 30.3. The molecule has 10 heteroatoms. The van der Waals surface area contributed by atoms with Gasteiger partial charge in [-0.2, -0.15) is 0 Å². The number of aromatic nitrogens is 1. The quantitative estimate of drug-likeness (QED) is 0.471. The van der Waals surface area contributed by atoms with Crippen LogP contribution in [0.4, 0.5) is 19.3 Å². The summed E-state index contributed by atoms with van der Waals surface area (Å²) in [6.07, 6.45) is 0.745. The molecule has 0 saturated carbocycles. The number of nitrogens with one attached hydrogen (secondary N) is 2. The van der Waals surface area contributed by atoms with Crippen molar-refractivity contribution in [3.05, 3.63) is 79.8 Å². The van der Waals surface area contributed by atoms with Crippen molar-refractivity contribution in [2.45, 2.75) is 32.2 Å². The second-order valence-corrected chi connectivity index (χ2v) is 8.90. The third kappa shape index (κ3) is 5.15. The van der Waals surface area contributed by atoms with Gasteiger partial charge in [0, 0.05) is 28.1 Å². The normalized spacial score (nSPS) is 14.6. The molecule has 4 rings (SSSR count). The lowest BCUT2D eigenvalue weighted by atomic mass is 10.0. The number of thiazole rings is 1. The molecule has 3 aromatic rings. The van der Waals surface area contributed by atoms with Gasteiger partial charge in [0.1, 0.15) is 11.6 Å². The highest BCUT2D eigenvalue weighted by atomic mass is 35.5. The second kappa shape index (κ2) is 9.84. The fraction of sp³-hybridized carbons (Fsp3) is 0.261. The number of hydrogen-bond acceptors (Lipinski definition) is 5. The minimum atomic E-state index is -0.648. The number of anilines is 1. The number of amides is 2. The fourth-order valence-electron chi connectivity index (χ4n) is 3.83. The summed E-state index contributed by atoms with van der Waals surface area (Å²) in [6.45, 7) is 2.07. The van der Waals surface area contributed by atoms with Gasteiger partial charge in [0.05, 0.1) is 28.9 Å². The lowest BCUT2D eigenvalue weighted by Crippen LogP contribution is -2.29. The molecule has 172 valence electrons. The second-order valence-electron chi connectivity index (χ2n) is 7.55. The zero-order valence-corrected chi connectivity index (χ0v) is 19.2. The largest absolute Gasteiger partial charge is 0.449 e. The molecule has 0 radical (unpaired) electrons. The van der Waals surface area contributed by atoms with E-state index in [4.69, 9.17) is 16.3 Å². The highest BCUT2D eigenvalue weighted by Crippen LogP contribution is 2.36. The average Bonchev–Trinajstić information content (AvgIpc) is 3.38. The van der Waals surface area contributed by atoms with Crippen molar-refractivity contribution >= 4 is 40.6 Å². The minimum absolute atomic E-state index is 0.120. The van der Waals surface area contributed by atoms with E-state index in [9.17, 15) is 18.4 Å². The first-order chi connectivity index (χ1) is 15.8. The molecule has 0 saturated heterocycles.